The summed E-state index contributed by atoms with van der Waals surface area (Å²) in [5, 5.41) is 10.7. The molecule has 0 heterocycles. The summed E-state index contributed by atoms with van der Waals surface area (Å²) < 4.78 is 38.9. The van der Waals surface area contributed by atoms with E-state index < -0.39 is 28.8 Å². The molecule has 1 N–H and O–H groups in total. The minimum atomic E-state index is -4.38. The summed E-state index contributed by atoms with van der Waals surface area (Å²) >= 11 is -0.556. The Morgan fingerprint density at radius 1 is 1.04 bits per heavy atom. The molecule has 0 fully saturated rings. The van der Waals surface area contributed by atoms with Gasteiger partial charge in [0.2, 0.25) is 0 Å². The van der Waals surface area contributed by atoms with Gasteiger partial charge in [-0.2, -0.15) is 13.2 Å². The van der Waals surface area contributed by atoms with Gasteiger partial charge in [0.1, 0.15) is 5.75 Å². The third-order valence-corrected chi connectivity index (χ3v) is 4.30. The van der Waals surface area contributed by atoms with Crippen LogP contribution in [0.2, 0.25) is 0 Å². The molecule has 2 aromatic rings. The molecule has 1 nitrogen and oxygen atoms in total. The average molecular weight is 417 g/mol. The molecule has 0 radical (unpaired) electrons. The normalized spacial score (nSPS) is 11.3. The molecule has 2 rings (SSSR count). The van der Waals surface area contributed by atoms with Crippen molar-refractivity contribution in [3.63, 3.8) is 0 Å². The molecule has 0 bridgehead atoms. The van der Waals surface area contributed by atoms with Crippen LogP contribution in [0.5, 0.6) is 5.75 Å². The van der Waals surface area contributed by atoms with Gasteiger partial charge in [-0.05, 0) is 42.4 Å². The molecule has 1 atom stereocenters. The molecule has 0 spiro atoms. The van der Waals surface area contributed by atoms with Gasteiger partial charge in [0.15, 0.2) is 0 Å². The van der Waals surface area contributed by atoms with Crippen molar-refractivity contribution in [3.05, 3.63) is 53.1 Å². The van der Waals surface area contributed by atoms with E-state index in [1.165, 1.54) is 12.1 Å². The number of phenols is 1. The molecule has 0 amide bonds. The van der Waals surface area contributed by atoms with Crippen LogP contribution in [0.3, 0.4) is 0 Å². The number of aryl methyl sites for hydroxylation is 2. The number of rotatable bonds is 2. The van der Waals surface area contributed by atoms with Gasteiger partial charge < -0.3 is 5.11 Å². The molecule has 0 aromatic heterocycles. The van der Waals surface area contributed by atoms with Crippen LogP contribution >= 0.6 is 27.2 Å². The molecule has 8 heteroatoms. The standard InChI is InChI=1S/C15H14F3OP.2ClH.Ti/c1-9-7-10(2)14(19)13(8-9)20-12-6-4-3-5-11(12)15(16,17)18;;;/h3-8,19-20H,1-2H3;2*1H;/q;;;+2/p-2. The SMILES string of the molecule is Cc1cc(C)c(O)c(Pc2ccccc2C(F)(F)F)c1.[Cl][Ti][Cl]. The van der Waals surface area contributed by atoms with E-state index >= 15 is 0 Å². The molecule has 1 unspecified atom stereocenters. The summed E-state index contributed by atoms with van der Waals surface area (Å²) in [6, 6.07) is 9.02. The fourth-order valence-electron chi connectivity index (χ4n) is 2.04. The molecule has 0 aliphatic carbocycles. The minimum absolute atomic E-state index is 0.0749. The molecule has 0 aliphatic heterocycles. The topological polar surface area (TPSA) is 20.2 Å². The molecular formula is C15H14Cl2F3OPTi. The van der Waals surface area contributed by atoms with Crippen LogP contribution in [0.25, 0.3) is 0 Å². The number of phenolic OH excluding ortho intramolecular Hbond substituents is 1. The molecule has 0 saturated heterocycles. The third-order valence-electron chi connectivity index (χ3n) is 2.95. The van der Waals surface area contributed by atoms with E-state index in [2.05, 4.69) is 0 Å². The zero-order chi connectivity index (χ0) is 17.6. The Labute approximate surface area is 151 Å². The molecule has 124 valence electrons. The van der Waals surface area contributed by atoms with Gasteiger partial charge in [0.25, 0.3) is 0 Å². The fraction of sp³-hybridized carbons (Fsp3) is 0.200. The molecule has 0 saturated carbocycles. The molecule has 2 aromatic carbocycles. The monoisotopic (exact) mass is 416 g/mol. The van der Waals surface area contributed by atoms with Crippen LogP contribution in [0.1, 0.15) is 16.7 Å². The van der Waals surface area contributed by atoms with Crippen molar-refractivity contribution in [2.45, 2.75) is 20.0 Å². The van der Waals surface area contributed by atoms with E-state index in [1.54, 1.807) is 25.1 Å². The predicted molar refractivity (Wildman–Crippen MR) is 88.3 cm³/mol. The summed E-state index contributed by atoms with van der Waals surface area (Å²) in [6.45, 7) is 3.60. The zero-order valence-electron chi connectivity index (χ0n) is 12.3. The third kappa shape index (κ3) is 6.28. The second-order valence-electron chi connectivity index (χ2n) is 4.72. The van der Waals surface area contributed by atoms with Gasteiger partial charge >= 0.3 is 41.8 Å². The van der Waals surface area contributed by atoms with Crippen molar-refractivity contribution in [2.75, 3.05) is 0 Å². The van der Waals surface area contributed by atoms with E-state index in [0.29, 0.717) is 10.9 Å². The maximum atomic E-state index is 13.0. The first-order valence-electron chi connectivity index (χ1n) is 6.40. The first-order chi connectivity index (χ1) is 10.7. The fourth-order valence-corrected chi connectivity index (χ4v) is 3.48. The number of alkyl halides is 3. The summed E-state index contributed by atoms with van der Waals surface area (Å²) in [7, 11) is 9.55. The van der Waals surface area contributed by atoms with Crippen molar-refractivity contribution in [2.24, 2.45) is 0 Å². The summed E-state index contributed by atoms with van der Waals surface area (Å²) in [5.41, 5.74) is 0.959. The Balaban J connectivity index is 0.000000816. The Morgan fingerprint density at radius 2 is 1.61 bits per heavy atom. The van der Waals surface area contributed by atoms with Gasteiger partial charge in [-0.25, -0.2) is 0 Å². The van der Waals surface area contributed by atoms with Gasteiger partial charge in [-0.3, -0.25) is 0 Å². The van der Waals surface area contributed by atoms with Crippen LogP contribution < -0.4 is 10.6 Å². The van der Waals surface area contributed by atoms with Crippen LogP contribution in [0, 0.1) is 13.8 Å². The van der Waals surface area contributed by atoms with E-state index in [-0.39, 0.29) is 19.6 Å². The number of halogens is 5. The maximum absolute atomic E-state index is 13.0. The number of benzene rings is 2. The van der Waals surface area contributed by atoms with Crippen molar-refractivity contribution in [1.29, 1.82) is 0 Å². The Hall–Kier alpha value is -0.246. The number of aromatic hydroxyl groups is 1. The predicted octanol–water partition coefficient (Wildman–Crippen LogP) is 5.03. The van der Waals surface area contributed by atoms with Crippen LogP contribution in [0.15, 0.2) is 36.4 Å². The van der Waals surface area contributed by atoms with E-state index in [1.807, 2.05) is 6.92 Å². The molecule has 23 heavy (non-hydrogen) atoms. The van der Waals surface area contributed by atoms with Crippen LogP contribution in [-0.2, 0) is 23.2 Å². The van der Waals surface area contributed by atoms with Crippen molar-refractivity contribution in [3.8, 4) is 5.75 Å². The second-order valence-corrected chi connectivity index (χ2v) is 8.62. The number of hydrogen-bond donors (Lipinski definition) is 1. The summed E-state index contributed by atoms with van der Waals surface area (Å²) in [4.78, 5) is 0. The van der Waals surface area contributed by atoms with Crippen molar-refractivity contribution >= 4 is 37.8 Å². The summed E-state index contributed by atoms with van der Waals surface area (Å²) in [6.07, 6.45) is -4.38. The molecular weight excluding hydrogens is 403 g/mol. The molecule has 0 aliphatic rings. The van der Waals surface area contributed by atoms with Crippen molar-refractivity contribution < 1.29 is 35.3 Å². The first kappa shape index (κ1) is 20.8. The van der Waals surface area contributed by atoms with Crippen LogP contribution in [-0.4, -0.2) is 5.11 Å². The summed E-state index contributed by atoms with van der Waals surface area (Å²) in [5.74, 6) is 0.0749. The van der Waals surface area contributed by atoms with Gasteiger partial charge in [-0.1, -0.05) is 32.8 Å². The van der Waals surface area contributed by atoms with Gasteiger partial charge in [-0.15, -0.1) is 0 Å². The van der Waals surface area contributed by atoms with Gasteiger partial charge in [0.05, 0.1) is 5.56 Å². The Kier molecular flexibility index (Phi) is 8.40. The first-order valence-corrected chi connectivity index (χ1v) is 11.7. The van der Waals surface area contributed by atoms with Crippen LogP contribution in [0.4, 0.5) is 13.2 Å². The average Bonchev–Trinajstić information content (AvgIpc) is 2.44. The second kappa shape index (κ2) is 9.29. The van der Waals surface area contributed by atoms with Crippen molar-refractivity contribution in [1.82, 2.24) is 0 Å². The Morgan fingerprint density at radius 3 is 2.17 bits per heavy atom. The Bertz CT molecular complexity index is 666. The van der Waals surface area contributed by atoms with E-state index in [4.69, 9.17) is 18.6 Å². The quantitative estimate of drug-likeness (QED) is 0.537. The number of hydrogen-bond acceptors (Lipinski definition) is 1. The van der Waals surface area contributed by atoms with E-state index in [9.17, 15) is 18.3 Å². The zero-order valence-corrected chi connectivity index (χ0v) is 16.4. The van der Waals surface area contributed by atoms with E-state index in [0.717, 1.165) is 11.6 Å². The van der Waals surface area contributed by atoms with Gasteiger partial charge in [0, 0.05) is 5.30 Å².